The van der Waals surface area contributed by atoms with Crippen LogP contribution in [0.3, 0.4) is 0 Å². The van der Waals surface area contributed by atoms with Gasteiger partial charge in [0, 0.05) is 18.2 Å². The molecule has 1 unspecified atom stereocenters. The Hall–Kier alpha value is -1.51. The van der Waals surface area contributed by atoms with Crippen LogP contribution < -0.4 is 4.72 Å². The fourth-order valence-corrected chi connectivity index (χ4v) is 2.67. The Bertz CT molecular complexity index is 586. The van der Waals surface area contributed by atoms with Crippen molar-refractivity contribution in [1.29, 1.82) is 0 Å². The third kappa shape index (κ3) is 4.26. The molecule has 0 aromatic heterocycles. The standard InChI is InChI=1S/C12H18N2O5S/c1-3-10(15)6-7-13-20(18,19)11-5-4-9(2)12(8-11)14(16)17/h4-5,8,10,13,15H,3,6-7H2,1-2H3. The van der Waals surface area contributed by atoms with Crippen molar-refractivity contribution in [1.82, 2.24) is 4.72 Å². The number of aliphatic hydroxyl groups excluding tert-OH is 1. The monoisotopic (exact) mass is 302 g/mol. The van der Waals surface area contributed by atoms with Crippen molar-refractivity contribution >= 4 is 15.7 Å². The van der Waals surface area contributed by atoms with Gasteiger partial charge in [0.15, 0.2) is 0 Å². The van der Waals surface area contributed by atoms with E-state index in [4.69, 9.17) is 0 Å². The minimum Gasteiger partial charge on any atom is -0.393 e. The summed E-state index contributed by atoms with van der Waals surface area (Å²) in [7, 11) is -3.80. The first-order valence-corrected chi connectivity index (χ1v) is 7.69. The van der Waals surface area contributed by atoms with E-state index >= 15 is 0 Å². The number of nitrogens with one attached hydrogen (secondary N) is 1. The summed E-state index contributed by atoms with van der Waals surface area (Å²) in [5, 5.41) is 20.2. The molecule has 0 fully saturated rings. The molecule has 112 valence electrons. The molecular formula is C12H18N2O5S. The summed E-state index contributed by atoms with van der Waals surface area (Å²) in [6, 6.07) is 3.75. The van der Waals surface area contributed by atoms with Gasteiger partial charge in [0.2, 0.25) is 10.0 Å². The van der Waals surface area contributed by atoms with Crippen LogP contribution in [0, 0.1) is 17.0 Å². The molecule has 8 heteroatoms. The van der Waals surface area contributed by atoms with Crippen molar-refractivity contribution in [3.8, 4) is 0 Å². The first kappa shape index (κ1) is 16.5. The van der Waals surface area contributed by atoms with Gasteiger partial charge in [0.05, 0.1) is 15.9 Å². The van der Waals surface area contributed by atoms with E-state index in [-0.39, 0.29) is 17.1 Å². The summed E-state index contributed by atoms with van der Waals surface area (Å²) >= 11 is 0. The van der Waals surface area contributed by atoms with E-state index in [1.807, 2.05) is 0 Å². The number of aryl methyl sites for hydroxylation is 1. The van der Waals surface area contributed by atoms with Gasteiger partial charge in [-0.15, -0.1) is 0 Å². The fourth-order valence-electron chi connectivity index (χ4n) is 1.60. The second kappa shape index (κ2) is 6.78. The summed E-state index contributed by atoms with van der Waals surface area (Å²) in [6.45, 7) is 3.42. The number of nitro groups is 1. The lowest BCUT2D eigenvalue weighted by Crippen LogP contribution is -2.27. The topological polar surface area (TPSA) is 110 Å². The zero-order valence-corrected chi connectivity index (χ0v) is 12.2. The normalized spacial score (nSPS) is 13.2. The summed E-state index contributed by atoms with van der Waals surface area (Å²) < 4.78 is 26.3. The van der Waals surface area contributed by atoms with Crippen LogP contribution in [0.15, 0.2) is 23.1 Å². The number of aliphatic hydroxyl groups is 1. The van der Waals surface area contributed by atoms with Crippen LogP contribution in [0.2, 0.25) is 0 Å². The lowest BCUT2D eigenvalue weighted by Gasteiger charge is -2.10. The maximum atomic E-state index is 12.0. The van der Waals surface area contributed by atoms with E-state index in [2.05, 4.69) is 4.72 Å². The molecular weight excluding hydrogens is 284 g/mol. The van der Waals surface area contributed by atoms with Crippen LogP contribution in [0.1, 0.15) is 25.3 Å². The number of rotatable bonds is 7. The summed E-state index contributed by atoms with van der Waals surface area (Å²) in [4.78, 5) is 10.0. The molecule has 0 saturated heterocycles. The highest BCUT2D eigenvalue weighted by Crippen LogP contribution is 2.21. The summed E-state index contributed by atoms with van der Waals surface area (Å²) in [6.07, 6.45) is 0.270. The molecule has 1 rings (SSSR count). The molecule has 0 bridgehead atoms. The molecule has 0 amide bonds. The highest BCUT2D eigenvalue weighted by atomic mass is 32.2. The molecule has 0 spiro atoms. The second-order valence-electron chi connectivity index (χ2n) is 4.45. The summed E-state index contributed by atoms with van der Waals surface area (Å²) in [5.41, 5.74) is 0.164. The summed E-state index contributed by atoms with van der Waals surface area (Å²) in [5.74, 6) is 0. The van der Waals surface area contributed by atoms with Gasteiger partial charge in [0.25, 0.3) is 5.69 Å². The number of nitro benzene ring substituents is 1. The van der Waals surface area contributed by atoms with Crippen LogP contribution in [0.25, 0.3) is 0 Å². The molecule has 1 aromatic rings. The van der Waals surface area contributed by atoms with Crippen molar-refractivity contribution in [2.45, 2.75) is 37.7 Å². The fraction of sp³-hybridized carbons (Fsp3) is 0.500. The van der Waals surface area contributed by atoms with E-state index in [1.165, 1.54) is 12.1 Å². The smallest absolute Gasteiger partial charge is 0.273 e. The molecule has 7 nitrogen and oxygen atoms in total. The predicted octanol–water partition coefficient (Wildman–Crippen LogP) is 1.34. The molecule has 2 N–H and O–H groups in total. The molecule has 1 aromatic carbocycles. The number of nitrogens with zero attached hydrogens (tertiary/aromatic N) is 1. The third-order valence-corrected chi connectivity index (χ3v) is 4.39. The number of hydrogen-bond acceptors (Lipinski definition) is 5. The molecule has 0 aliphatic carbocycles. The van der Waals surface area contributed by atoms with E-state index in [1.54, 1.807) is 13.8 Å². The van der Waals surface area contributed by atoms with Crippen LogP contribution in [-0.2, 0) is 10.0 Å². The average molecular weight is 302 g/mol. The van der Waals surface area contributed by atoms with Crippen LogP contribution >= 0.6 is 0 Å². The van der Waals surface area contributed by atoms with E-state index < -0.39 is 21.1 Å². The minimum atomic E-state index is -3.80. The first-order chi connectivity index (χ1) is 9.27. The number of sulfonamides is 1. The quantitative estimate of drug-likeness (QED) is 0.583. The maximum Gasteiger partial charge on any atom is 0.273 e. The Kier molecular flexibility index (Phi) is 5.61. The van der Waals surface area contributed by atoms with Crippen molar-refractivity contribution < 1.29 is 18.4 Å². The molecule has 0 heterocycles. The van der Waals surface area contributed by atoms with Gasteiger partial charge in [0.1, 0.15) is 0 Å². The molecule has 20 heavy (non-hydrogen) atoms. The van der Waals surface area contributed by atoms with Gasteiger partial charge in [-0.2, -0.15) is 0 Å². The van der Waals surface area contributed by atoms with E-state index in [0.29, 0.717) is 18.4 Å². The Morgan fingerprint density at radius 2 is 2.10 bits per heavy atom. The minimum absolute atomic E-state index is 0.0824. The van der Waals surface area contributed by atoms with Gasteiger partial charge in [-0.3, -0.25) is 10.1 Å². The Labute approximate surface area is 117 Å². The van der Waals surface area contributed by atoms with Crippen molar-refractivity contribution in [3.05, 3.63) is 33.9 Å². The van der Waals surface area contributed by atoms with Gasteiger partial charge in [-0.25, -0.2) is 13.1 Å². The Morgan fingerprint density at radius 3 is 2.65 bits per heavy atom. The molecule has 0 aliphatic heterocycles. The number of hydrogen-bond donors (Lipinski definition) is 2. The molecule has 1 atom stereocenters. The van der Waals surface area contributed by atoms with E-state index in [0.717, 1.165) is 6.07 Å². The van der Waals surface area contributed by atoms with Gasteiger partial charge >= 0.3 is 0 Å². The third-order valence-electron chi connectivity index (χ3n) is 2.93. The maximum absolute atomic E-state index is 12.0. The molecule has 0 saturated carbocycles. The van der Waals surface area contributed by atoms with Crippen LogP contribution in [-0.4, -0.2) is 31.1 Å². The second-order valence-corrected chi connectivity index (χ2v) is 6.22. The highest BCUT2D eigenvalue weighted by Gasteiger charge is 2.19. The van der Waals surface area contributed by atoms with E-state index in [9.17, 15) is 23.6 Å². The first-order valence-electron chi connectivity index (χ1n) is 6.20. The predicted molar refractivity (Wildman–Crippen MR) is 73.9 cm³/mol. The average Bonchev–Trinajstić information content (AvgIpc) is 2.38. The van der Waals surface area contributed by atoms with Crippen molar-refractivity contribution in [2.75, 3.05) is 6.54 Å². The zero-order valence-electron chi connectivity index (χ0n) is 11.4. The Morgan fingerprint density at radius 1 is 1.45 bits per heavy atom. The number of benzene rings is 1. The Balaban J connectivity index is 2.88. The van der Waals surface area contributed by atoms with Crippen molar-refractivity contribution in [2.24, 2.45) is 0 Å². The van der Waals surface area contributed by atoms with Crippen LogP contribution in [0.5, 0.6) is 0 Å². The van der Waals surface area contributed by atoms with Gasteiger partial charge in [-0.1, -0.05) is 13.0 Å². The van der Waals surface area contributed by atoms with Crippen LogP contribution in [0.4, 0.5) is 5.69 Å². The van der Waals surface area contributed by atoms with Gasteiger partial charge < -0.3 is 5.11 Å². The zero-order chi connectivity index (χ0) is 15.3. The lowest BCUT2D eigenvalue weighted by atomic mass is 10.2. The largest absolute Gasteiger partial charge is 0.393 e. The van der Waals surface area contributed by atoms with Gasteiger partial charge in [-0.05, 0) is 25.8 Å². The SMILES string of the molecule is CCC(O)CCNS(=O)(=O)c1ccc(C)c([N+](=O)[O-])c1. The lowest BCUT2D eigenvalue weighted by molar-refractivity contribution is -0.385. The molecule has 0 radical (unpaired) electrons. The van der Waals surface area contributed by atoms with Crippen molar-refractivity contribution in [3.63, 3.8) is 0 Å². The highest BCUT2D eigenvalue weighted by molar-refractivity contribution is 7.89. The molecule has 0 aliphatic rings.